The zero-order chi connectivity index (χ0) is 16.1. The van der Waals surface area contributed by atoms with E-state index < -0.39 is 5.41 Å². The van der Waals surface area contributed by atoms with Gasteiger partial charge in [-0.25, -0.2) is 0 Å². The second-order valence-corrected chi connectivity index (χ2v) is 6.11. The van der Waals surface area contributed by atoms with Crippen LogP contribution < -0.4 is 5.73 Å². The minimum Gasteiger partial charge on any atom is -0.468 e. The van der Waals surface area contributed by atoms with Gasteiger partial charge >= 0.3 is 5.97 Å². The van der Waals surface area contributed by atoms with E-state index in [9.17, 15) is 4.79 Å². The zero-order valence-corrected chi connectivity index (χ0v) is 13.7. The first-order chi connectivity index (χ1) is 9.81. The maximum Gasteiger partial charge on any atom is 0.317 e. The second-order valence-electron chi connectivity index (χ2n) is 6.11. The maximum absolute atomic E-state index is 12.4. The summed E-state index contributed by atoms with van der Waals surface area (Å²) in [5, 5.41) is 0. The van der Waals surface area contributed by atoms with Gasteiger partial charge in [0.1, 0.15) is 5.41 Å². The van der Waals surface area contributed by atoms with Crippen LogP contribution in [0.4, 0.5) is 0 Å². The highest BCUT2D eigenvalue weighted by Crippen LogP contribution is 2.33. The quantitative estimate of drug-likeness (QED) is 0.785. The standard InChI is InChI=1S/C17H27NO3/c1-13-7-6-8-14(11-13)17(12-18,15(19)20-4)10-9-16(2,3)21-5/h6-8,11H,9-10,12,18H2,1-5H3. The molecule has 1 rings (SSSR count). The summed E-state index contributed by atoms with van der Waals surface area (Å²) in [6.45, 7) is 6.22. The number of carbonyl (C=O) groups is 1. The van der Waals surface area contributed by atoms with Gasteiger partial charge < -0.3 is 15.2 Å². The molecule has 1 aromatic carbocycles. The Balaban J connectivity index is 3.19. The van der Waals surface area contributed by atoms with E-state index in [4.69, 9.17) is 15.2 Å². The zero-order valence-electron chi connectivity index (χ0n) is 13.7. The third kappa shape index (κ3) is 4.05. The van der Waals surface area contributed by atoms with E-state index in [0.29, 0.717) is 12.8 Å². The Morgan fingerprint density at radius 3 is 2.38 bits per heavy atom. The van der Waals surface area contributed by atoms with Crippen molar-refractivity contribution < 1.29 is 14.3 Å². The molecule has 0 aliphatic carbocycles. The van der Waals surface area contributed by atoms with Gasteiger partial charge in [0.25, 0.3) is 0 Å². The van der Waals surface area contributed by atoms with Crippen LogP contribution in [-0.2, 0) is 19.7 Å². The van der Waals surface area contributed by atoms with Crippen molar-refractivity contribution in [1.29, 1.82) is 0 Å². The molecule has 0 amide bonds. The monoisotopic (exact) mass is 293 g/mol. The van der Waals surface area contributed by atoms with E-state index in [1.165, 1.54) is 7.11 Å². The molecule has 2 N–H and O–H groups in total. The SMILES string of the molecule is COC(=O)C(CN)(CCC(C)(C)OC)c1cccc(C)c1. The largest absolute Gasteiger partial charge is 0.468 e. The number of aryl methyl sites for hydroxylation is 1. The van der Waals surface area contributed by atoms with Crippen molar-refractivity contribution in [2.45, 2.75) is 44.6 Å². The van der Waals surface area contributed by atoms with Crippen LogP contribution in [0.1, 0.15) is 37.8 Å². The number of hydrogen-bond acceptors (Lipinski definition) is 4. The van der Waals surface area contributed by atoms with E-state index in [-0.39, 0.29) is 18.1 Å². The summed E-state index contributed by atoms with van der Waals surface area (Å²) in [6.07, 6.45) is 1.30. The van der Waals surface area contributed by atoms with Gasteiger partial charge in [0.15, 0.2) is 0 Å². The van der Waals surface area contributed by atoms with Gasteiger partial charge in [0.05, 0.1) is 12.7 Å². The van der Waals surface area contributed by atoms with Gasteiger partial charge in [-0.3, -0.25) is 4.79 Å². The van der Waals surface area contributed by atoms with Crippen LogP contribution in [0.2, 0.25) is 0 Å². The molecule has 0 bridgehead atoms. The number of nitrogens with two attached hydrogens (primary N) is 1. The fourth-order valence-electron chi connectivity index (χ4n) is 2.42. The molecule has 4 heteroatoms. The molecule has 0 aliphatic heterocycles. The van der Waals surface area contributed by atoms with E-state index in [1.807, 2.05) is 45.0 Å². The molecule has 0 radical (unpaired) electrons. The summed E-state index contributed by atoms with van der Waals surface area (Å²) >= 11 is 0. The Hall–Kier alpha value is -1.39. The van der Waals surface area contributed by atoms with Gasteiger partial charge in [0, 0.05) is 13.7 Å². The highest BCUT2D eigenvalue weighted by atomic mass is 16.5. The minimum absolute atomic E-state index is 0.211. The average molecular weight is 293 g/mol. The Kier molecular flexibility index (Phi) is 5.93. The number of benzene rings is 1. The third-order valence-corrected chi connectivity index (χ3v) is 4.20. The number of methoxy groups -OCH3 is 2. The Bertz CT molecular complexity index is 485. The van der Waals surface area contributed by atoms with Crippen LogP contribution in [0.5, 0.6) is 0 Å². The topological polar surface area (TPSA) is 61.5 Å². The second kappa shape index (κ2) is 7.05. The molecule has 21 heavy (non-hydrogen) atoms. The Labute approximate surface area is 127 Å². The fourth-order valence-corrected chi connectivity index (χ4v) is 2.42. The van der Waals surface area contributed by atoms with Crippen molar-refractivity contribution in [2.24, 2.45) is 5.73 Å². The molecule has 118 valence electrons. The summed E-state index contributed by atoms with van der Waals surface area (Å²) < 4.78 is 10.5. The van der Waals surface area contributed by atoms with Crippen LogP contribution in [0.25, 0.3) is 0 Å². The molecule has 0 aliphatic rings. The van der Waals surface area contributed by atoms with Gasteiger partial charge in [-0.15, -0.1) is 0 Å². The van der Waals surface area contributed by atoms with Crippen molar-refractivity contribution in [3.63, 3.8) is 0 Å². The fraction of sp³-hybridized carbons (Fsp3) is 0.588. The molecule has 0 heterocycles. The summed E-state index contributed by atoms with van der Waals surface area (Å²) in [5.74, 6) is -0.289. The first kappa shape index (κ1) is 17.7. The molecule has 1 atom stereocenters. The van der Waals surface area contributed by atoms with Gasteiger partial charge in [-0.05, 0) is 39.2 Å². The van der Waals surface area contributed by atoms with Gasteiger partial charge in [-0.2, -0.15) is 0 Å². The molecule has 1 aromatic rings. The molecule has 0 aromatic heterocycles. The van der Waals surface area contributed by atoms with Crippen LogP contribution >= 0.6 is 0 Å². The molecule has 4 nitrogen and oxygen atoms in total. The molecular formula is C17H27NO3. The van der Waals surface area contributed by atoms with E-state index >= 15 is 0 Å². The molecule has 0 saturated heterocycles. The highest BCUT2D eigenvalue weighted by Gasteiger charge is 2.41. The molecule has 1 unspecified atom stereocenters. The summed E-state index contributed by atoms with van der Waals surface area (Å²) in [5.41, 5.74) is 6.87. The first-order valence-electron chi connectivity index (χ1n) is 7.22. The van der Waals surface area contributed by atoms with Crippen LogP contribution in [0.3, 0.4) is 0 Å². The lowest BCUT2D eigenvalue weighted by molar-refractivity contribution is -0.148. The minimum atomic E-state index is -0.823. The lowest BCUT2D eigenvalue weighted by atomic mass is 9.74. The molecule has 0 spiro atoms. The molecular weight excluding hydrogens is 266 g/mol. The lowest BCUT2D eigenvalue weighted by Gasteiger charge is -2.33. The number of ether oxygens (including phenoxy) is 2. The van der Waals surface area contributed by atoms with Crippen molar-refractivity contribution >= 4 is 5.97 Å². The highest BCUT2D eigenvalue weighted by molar-refractivity contribution is 5.83. The molecule has 0 saturated carbocycles. The normalized spacial score (nSPS) is 14.6. The van der Waals surface area contributed by atoms with Gasteiger partial charge in [-0.1, -0.05) is 29.8 Å². The van der Waals surface area contributed by atoms with Crippen molar-refractivity contribution in [2.75, 3.05) is 20.8 Å². The maximum atomic E-state index is 12.4. The first-order valence-corrected chi connectivity index (χ1v) is 7.22. The predicted octanol–water partition coefficient (Wildman–Crippen LogP) is 2.57. The predicted molar refractivity (Wildman–Crippen MR) is 84.2 cm³/mol. The van der Waals surface area contributed by atoms with Crippen molar-refractivity contribution in [1.82, 2.24) is 0 Å². The number of esters is 1. The number of rotatable bonds is 7. The Morgan fingerprint density at radius 1 is 1.24 bits per heavy atom. The third-order valence-electron chi connectivity index (χ3n) is 4.20. The number of hydrogen-bond donors (Lipinski definition) is 1. The smallest absolute Gasteiger partial charge is 0.317 e. The Morgan fingerprint density at radius 2 is 1.90 bits per heavy atom. The van der Waals surface area contributed by atoms with Crippen LogP contribution in [-0.4, -0.2) is 32.3 Å². The number of carbonyl (C=O) groups excluding carboxylic acids is 1. The van der Waals surface area contributed by atoms with E-state index in [2.05, 4.69) is 0 Å². The lowest BCUT2D eigenvalue weighted by Crippen LogP contribution is -2.45. The summed E-state index contributed by atoms with van der Waals surface area (Å²) in [6, 6.07) is 7.89. The van der Waals surface area contributed by atoms with Crippen molar-refractivity contribution in [3.05, 3.63) is 35.4 Å². The summed E-state index contributed by atoms with van der Waals surface area (Å²) in [7, 11) is 3.08. The van der Waals surface area contributed by atoms with E-state index in [0.717, 1.165) is 11.1 Å². The van der Waals surface area contributed by atoms with Gasteiger partial charge in [0.2, 0.25) is 0 Å². The van der Waals surface area contributed by atoms with E-state index in [1.54, 1.807) is 7.11 Å². The average Bonchev–Trinajstić information content (AvgIpc) is 2.48. The van der Waals surface area contributed by atoms with Crippen LogP contribution in [0, 0.1) is 6.92 Å². The summed E-state index contributed by atoms with van der Waals surface area (Å²) in [4.78, 5) is 12.4. The molecule has 0 fully saturated rings. The van der Waals surface area contributed by atoms with Crippen molar-refractivity contribution in [3.8, 4) is 0 Å². The van der Waals surface area contributed by atoms with Crippen LogP contribution in [0.15, 0.2) is 24.3 Å².